The number of aliphatic hydroxyl groups is 1. The predicted molar refractivity (Wildman–Crippen MR) is 165 cm³/mol. The molecule has 3 aromatic rings. The number of fused-ring (bicyclic) bond motifs is 1. The first-order chi connectivity index (χ1) is 18.6. The van der Waals surface area contributed by atoms with E-state index < -0.39 is 0 Å². The van der Waals surface area contributed by atoms with Crippen LogP contribution in [-0.4, -0.2) is 62.1 Å². The Morgan fingerprint density at radius 1 is 1.08 bits per heavy atom. The summed E-state index contributed by atoms with van der Waals surface area (Å²) < 4.78 is 2.14. The lowest BCUT2D eigenvalue weighted by atomic mass is 9.92. The van der Waals surface area contributed by atoms with Crippen LogP contribution in [0.25, 0.3) is 22.4 Å². The molecular formula is C33H50N4O2. The second-order valence-corrected chi connectivity index (χ2v) is 11.3. The molecule has 1 saturated heterocycles. The Hall–Kier alpha value is -3.12. The van der Waals surface area contributed by atoms with Gasteiger partial charge in [-0.2, -0.15) is 0 Å². The van der Waals surface area contributed by atoms with Crippen LogP contribution >= 0.6 is 0 Å². The van der Waals surface area contributed by atoms with Crippen molar-refractivity contribution in [1.82, 2.24) is 19.4 Å². The van der Waals surface area contributed by atoms with E-state index in [0.29, 0.717) is 5.91 Å². The van der Waals surface area contributed by atoms with Gasteiger partial charge in [-0.05, 0) is 84.7 Å². The molecule has 0 atom stereocenters. The van der Waals surface area contributed by atoms with E-state index in [4.69, 9.17) is 5.11 Å². The Bertz CT molecular complexity index is 1160. The topological polar surface area (TPSA) is 61.6 Å². The number of likely N-dealkylation sites (tertiary alicyclic amines) is 1. The summed E-state index contributed by atoms with van der Waals surface area (Å²) in [6, 6.07) is 16.7. The highest BCUT2D eigenvalue weighted by Crippen LogP contribution is 2.26. The summed E-state index contributed by atoms with van der Waals surface area (Å²) in [5.41, 5.74) is 4.88. The molecule has 4 rings (SSSR count). The minimum Gasteiger partial charge on any atom is -0.516 e. The zero-order valence-corrected chi connectivity index (χ0v) is 25.3. The average Bonchev–Trinajstić information content (AvgIpc) is 3.25. The summed E-state index contributed by atoms with van der Waals surface area (Å²) in [7, 11) is 2.06. The van der Waals surface area contributed by atoms with Crippen LogP contribution in [0.4, 0.5) is 0 Å². The van der Waals surface area contributed by atoms with Gasteiger partial charge in [0.15, 0.2) is 0 Å². The number of imidazole rings is 1. The van der Waals surface area contributed by atoms with Gasteiger partial charge >= 0.3 is 0 Å². The number of piperidine rings is 1. The number of carbonyl (C=O) groups is 1. The van der Waals surface area contributed by atoms with E-state index in [9.17, 15) is 4.79 Å². The molecule has 1 N–H and O–H groups in total. The lowest BCUT2D eigenvalue weighted by Crippen LogP contribution is -2.49. The van der Waals surface area contributed by atoms with Gasteiger partial charge in [-0.1, -0.05) is 56.3 Å². The van der Waals surface area contributed by atoms with Crippen molar-refractivity contribution in [3.8, 4) is 11.4 Å². The van der Waals surface area contributed by atoms with E-state index in [0.717, 1.165) is 69.5 Å². The fourth-order valence-electron chi connectivity index (χ4n) is 5.12. The lowest BCUT2D eigenvalue weighted by molar-refractivity contribution is -0.137. The number of hydrogen-bond acceptors (Lipinski definition) is 4. The van der Waals surface area contributed by atoms with Crippen molar-refractivity contribution in [3.63, 3.8) is 0 Å². The molecule has 1 aromatic heterocycles. The fraction of sp³-hybridized carbons (Fsp3) is 0.515. The van der Waals surface area contributed by atoms with Crippen molar-refractivity contribution >= 4 is 16.9 Å². The number of amides is 1. The summed E-state index contributed by atoms with van der Waals surface area (Å²) in [5.74, 6) is 1.68. The summed E-state index contributed by atoms with van der Waals surface area (Å²) in [6.45, 7) is 20.1. The van der Waals surface area contributed by atoms with Gasteiger partial charge in [0.05, 0.1) is 17.3 Å². The summed E-state index contributed by atoms with van der Waals surface area (Å²) in [4.78, 5) is 21.8. The summed E-state index contributed by atoms with van der Waals surface area (Å²) in [6.07, 6.45) is 4.93. The molecule has 0 unspecified atom stereocenters. The van der Waals surface area contributed by atoms with Crippen molar-refractivity contribution in [2.75, 3.05) is 26.2 Å². The molecule has 214 valence electrons. The van der Waals surface area contributed by atoms with Gasteiger partial charge in [0.2, 0.25) is 5.91 Å². The second-order valence-electron chi connectivity index (χ2n) is 11.3. The molecule has 0 radical (unpaired) electrons. The van der Waals surface area contributed by atoms with Gasteiger partial charge in [-0.25, -0.2) is 4.98 Å². The van der Waals surface area contributed by atoms with Crippen molar-refractivity contribution in [2.24, 2.45) is 13.0 Å². The van der Waals surface area contributed by atoms with Crippen LogP contribution < -0.4 is 0 Å². The lowest BCUT2D eigenvalue weighted by Gasteiger charge is -2.41. The molecule has 1 aliphatic heterocycles. The largest absolute Gasteiger partial charge is 0.516 e. The van der Waals surface area contributed by atoms with Crippen LogP contribution in [0.2, 0.25) is 0 Å². The summed E-state index contributed by atoms with van der Waals surface area (Å²) in [5, 5.41) is 7.33. The quantitative estimate of drug-likeness (QED) is 0.335. The van der Waals surface area contributed by atoms with Crippen molar-refractivity contribution < 1.29 is 9.90 Å². The number of nitrogens with zero attached hydrogens (tertiary/aromatic N) is 4. The van der Waals surface area contributed by atoms with Crippen LogP contribution in [0.1, 0.15) is 65.9 Å². The highest BCUT2D eigenvalue weighted by atomic mass is 16.2. The van der Waals surface area contributed by atoms with Crippen LogP contribution in [0.5, 0.6) is 0 Å². The van der Waals surface area contributed by atoms with E-state index in [1.54, 1.807) is 0 Å². The SMILES string of the molecule is C=CO.CCCN(CCC)C(=O)C1CCN(C(C)(C)C)CC1.Cc1cccc(-c2nc3ccccc3n2C)c1. The van der Waals surface area contributed by atoms with Crippen molar-refractivity contribution in [3.05, 3.63) is 66.9 Å². The maximum Gasteiger partial charge on any atom is 0.225 e. The Labute approximate surface area is 236 Å². The van der Waals surface area contributed by atoms with E-state index >= 15 is 0 Å². The van der Waals surface area contributed by atoms with Gasteiger partial charge in [0.1, 0.15) is 5.82 Å². The van der Waals surface area contributed by atoms with Crippen LogP contribution in [0, 0.1) is 12.8 Å². The minimum absolute atomic E-state index is 0.237. The van der Waals surface area contributed by atoms with Gasteiger partial charge < -0.3 is 14.6 Å². The first-order valence-corrected chi connectivity index (χ1v) is 14.3. The fourth-order valence-corrected chi connectivity index (χ4v) is 5.12. The molecule has 1 aliphatic rings. The Balaban J connectivity index is 0.000000249. The number of hydrogen-bond donors (Lipinski definition) is 1. The molecule has 0 saturated carbocycles. The van der Waals surface area contributed by atoms with Gasteiger partial charge in [-0.15, -0.1) is 0 Å². The molecule has 6 heteroatoms. The molecule has 2 heterocycles. The van der Waals surface area contributed by atoms with Crippen LogP contribution in [0.15, 0.2) is 61.4 Å². The number of rotatable bonds is 6. The van der Waals surface area contributed by atoms with Crippen LogP contribution in [0.3, 0.4) is 0 Å². The molecule has 6 nitrogen and oxygen atoms in total. The van der Waals surface area contributed by atoms with Crippen molar-refractivity contribution in [1.29, 1.82) is 0 Å². The minimum atomic E-state index is 0.237. The second kappa shape index (κ2) is 15.5. The molecule has 1 fully saturated rings. The first kappa shape index (κ1) is 32.1. The smallest absolute Gasteiger partial charge is 0.225 e. The third kappa shape index (κ3) is 9.24. The average molecular weight is 535 g/mol. The molecule has 0 aliphatic carbocycles. The molecular weight excluding hydrogens is 484 g/mol. The maximum atomic E-state index is 12.5. The van der Waals surface area contributed by atoms with Gasteiger partial charge in [0.25, 0.3) is 0 Å². The Kier molecular flexibility index (Phi) is 12.7. The number of para-hydroxylation sites is 2. The maximum absolute atomic E-state index is 12.5. The predicted octanol–water partition coefficient (Wildman–Crippen LogP) is 7.38. The molecule has 0 bridgehead atoms. The number of aryl methyl sites for hydroxylation is 2. The third-order valence-corrected chi connectivity index (χ3v) is 7.16. The number of aliphatic hydroxyl groups excluding tert-OH is 1. The van der Waals surface area contributed by atoms with Gasteiger partial charge in [-0.3, -0.25) is 9.69 Å². The van der Waals surface area contributed by atoms with E-state index in [1.165, 1.54) is 16.6 Å². The zero-order chi connectivity index (χ0) is 29.0. The monoisotopic (exact) mass is 534 g/mol. The normalized spacial score (nSPS) is 14.1. The van der Waals surface area contributed by atoms with Gasteiger partial charge in [0, 0.05) is 37.2 Å². The molecule has 0 spiro atoms. The number of carbonyl (C=O) groups excluding carboxylic acids is 1. The molecule has 39 heavy (non-hydrogen) atoms. The van der Waals surface area contributed by atoms with E-state index in [1.807, 2.05) is 12.1 Å². The Morgan fingerprint density at radius 2 is 1.67 bits per heavy atom. The highest BCUT2D eigenvalue weighted by molar-refractivity contribution is 5.80. The molecule has 2 aromatic carbocycles. The Morgan fingerprint density at radius 3 is 2.18 bits per heavy atom. The summed E-state index contributed by atoms with van der Waals surface area (Å²) >= 11 is 0. The van der Waals surface area contributed by atoms with Crippen LogP contribution in [-0.2, 0) is 11.8 Å². The number of aromatic nitrogens is 2. The first-order valence-electron chi connectivity index (χ1n) is 14.3. The standard InChI is InChI=1S/C16H32N2O.C15H14N2.C2H4O/c1-6-10-17(11-7-2)15(19)14-8-12-18(13-9-14)16(3,4)5;1-11-6-5-7-12(10-11)15-16-13-8-3-4-9-14(13)17(15)2;1-2-3/h14H,6-13H2,1-5H3;3-10H,1-2H3;2-3H,1H2. The van der Waals surface area contributed by atoms with Crippen molar-refractivity contribution in [2.45, 2.75) is 72.8 Å². The number of benzene rings is 2. The molecule has 1 amide bonds. The third-order valence-electron chi connectivity index (χ3n) is 7.16. The van der Waals surface area contributed by atoms with E-state index in [-0.39, 0.29) is 11.5 Å². The zero-order valence-electron chi connectivity index (χ0n) is 25.3. The highest BCUT2D eigenvalue weighted by Gasteiger charge is 2.31. The van der Waals surface area contributed by atoms with E-state index in [2.05, 4.69) is 111 Å².